The van der Waals surface area contributed by atoms with Crippen molar-refractivity contribution >= 4 is 5.91 Å². The lowest BCUT2D eigenvalue weighted by Gasteiger charge is -2.63. The fraction of sp³-hybridized carbons (Fsp3) is 0.952. The van der Waals surface area contributed by atoms with E-state index in [4.69, 9.17) is 0 Å². The van der Waals surface area contributed by atoms with Gasteiger partial charge in [-0.2, -0.15) is 0 Å². The van der Waals surface area contributed by atoms with Crippen LogP contribution in [0.4, 0.5) is 0 Å². The minimum atomic E-state index is 0.147. The third-order valence-corrected chi connectivity index (χ3v) is 7.54. The number of rotatable bonds is 3. The van der Waals surface area contributed by atoms with Crippen molar-refractivity contribution in [2.75, 3.05) is 39.3 Å². The minimum Gasteiger partial charge on any atom is -0.342 e. The molecule has 0 bridgehead atoms. The molecule has 0 aromatic rings. The van der Waals surface area contributed by atoms with Gasteiger partial charge in [-0.1, -0.05) is 20.8 Å². The van der Waals surface area contributed by atoms with Crippen LogP contribution >= 0.6 is 0 Å². The predicted molar refractivity (Wildman–Crippen MR) is 101 cm³/mol. The maximum Gasteiger partial charge on any atom is 0.225 e. The molecule has 4 nitrogen and oxygen atoms in total. The molecular formula is C21H37N3O. The van der Waals surface area contributed by atoms with E-state index in [9.17, 15) is 4.79 Å². The fourth-order valence-corrected chi connectivity index (χ4v) is 5.74. The van der Waals surface area contributed by atoms with Gasteiger partial charge >= 0.3 is 0 Å². The van der Waals surface area contributed by atoms with Crippen LogP contribution in [-0.4, -0.2) is 72.0 Å². The van der Waals surface area contributed by atoms with Gasteiger partial charge < -0.3 is 9.80 Å². The Labute approximate surface area is 153 Å². The summed E-state index contributed by atoms with van der Waals surface area (Å²) in [7, 11) is 0. The molecule has 4 heteroatoms. The molecule has 4 rings (SSSR count). The summed E-state index contributed by atoms with van der Waals surface area (Å²) in [6, 6.07) is 1.62. The highest BCUT2D eigenvalue weighted by atomic mass is 16.2. The zero-order chi connectivity index (χ0) is 17.6. The number of hydrogen-bond donors (Lipinski definition) is 0. The van der Waals surface area contributed by atoms with Crippen molar-refractivity contribution < 1.29 is 4.79 Å². The Hall–Kier alpha value is -0.610. The summed E-state index contributed by atoms with van der Waals surface area (Å²) in [5, 5.41) is 0. The first-order valence-electron chi connectivity index (χ1n) is 10.7. The summed E-state index contributed by atoms with van der Waals surface area (Å²) in [5.74, 6) is 1.43. The highest BCUT2D eigenvalue weighted by Crippen LogP contribution is 2.51. The van der Waals surface area contributed by atoms with Gasteiger partial charge in [0.25, 0.3) is 0 Å². The quantitative estimate of drug-likeness (QED) is 0.785. The number of piperidine rings is 2. The molecule has 0 aromatic heterocycles. The van der Waals surface area contributed by atoms with Crippen molar-refractivity contribution in [3.63, 3.8) is 0 Å². The molecule has 0 N–H and O–H groups in total. The summed E-state index contributed by atoms with van der Waals surface area (Å²) in [6.45, 7) is 13.7. The third-order valence-electron chi connectivity index (χ3n) is 7.54. The second-order valence-corrected chi connectivity index (χ2v) is 9.90. The maximum atomic E-state index is 12.1. The molecule has 3 aliphatic heterocycles. The first-order chi connectivity index (χ1) is 12.0. The lowest BCUT2D eigenvalue weighted by atomic mass is 9.59. The van der Waals surface area contributed by atoms with Gasteiger partial charge in [0.15, 0.2) is 0 Å². The van der Waals surface area contributed by atoms with Crippen molar-refractivity contribution in [2.45, 2.75) is 71.4 Å². The second-order valence-electron chi connectivity index (χ2n) is 9.90. The fourth-order valence-electron chi connectivity index (χ4n) is 5.74. The van der Waals surface area contributed by atoms with Crippen molar-refractivity contribution in [1.82, 2.24) is 14.7 Å². The Kier molecular flexibility index (Phi) is 4.87. The zero-order valence-electron chi connectivity index (χ0n) is 16.5. The van der Waals surface area contributed by atoms with E-state index < -0.39 is 0 Å². The molecule has 4 fully saturated rings. The predicted octanol–water partition coefficient (Wildman–Crippen LogP) is 2.83. The van der Waals surface area contributed by atoms with Gasteiger partial charge in [0, 0.05) is 44.2 Å². The molecule has 25 heavy (non-hydrogen) atoms. The lowest BCUT2D eigenvalue weighted by Crippen LogP contribution is -2.69. The third kappa shape index (κ3) is 3.49. The molecule has 4 aliphatic rings. The molecule has 1 saturated carbocycles. The van der Waals surface area contributed by atoms with E-state index >= 15 is 0 Å². The normalized spacial score (nSPS) is 29.8. The number of amides is 1. The van der Waals surface area contributed by atoms with Gasteiger partial charge in [-0.25, -0.2) is 0 Å². The Bertz CT molecular complexity index is 475. The van der Waals surface area contributed by atoms with Gasteiger partial charge in [-0.3, -0.25) is 9.69 Å². The Morgan fingerprint density at radius 2 is 1.48 bits per heavy atom. The highest BCUT2D eigenvalue weighted by molar-refractivity contribution is 5.78. The van der Waals surface area contributed by atoms with Crippen LogP contribution in [-0.2, 0) is 4.79 Å². The molecule has 3 saturated heterocycles. The van der Waals surface area contributed by atoms with E-state index in [1.165, 1.54) is 64.7 Å². The monoisotopic (exact) mass is 347 g/mol. The standard InChI is InChI=1S/C21H37N3O/c1-16(2)20(25)23-10-6-18(7-11-23)24-14-21(15-24)12-19(13-21)22-8-4-17(3)5-9-22/h16-19H,4-15H2,1-3H3. The molecule has 0 atom stereocenters. The molecule has 0 aromatic carbocycles. The topological polar surface area (TPSA) is 26.8 Å². The van der Waals surface area contributed by atoms with Gasteiger partial charge in [0.2, 0.25) is 5.91 Å². The van der Waals surface area contributed by atoms with Crippen LogP contribution in [0.25, 0.3) is 0 Å². The van der Waals surface area contributed by atoms with Crippen molar-refractivity contribution in [1.29, 1.82) is 0 Å². The number of hydrogen-bond acceptors (Lipinski definition) is 3. The van der Waals surface area contributed by atoms with Gasteiger partial charge in [0.1, 0.15) is 0 Å². The smallest absolute Gasteiger partial charge is 0.225 e. The zero-order valence-corrected chi connectivity index (χ0v) is 16.5. The minimum absolute atomic E-state index is 0.147. The van der Waals surface area contributed by atoms with Gasteiger partial charge in [-0.05, 0) is 62.9 Å². The van der Waals surface area contributed by atoms with E-state index in [1.54, 1.807) is 0 Å². The van der Waals surface area contributed by atoms with Gasteiger partial charge in [-0.15, -0.1) is 0 Å². The van der Waals surface area contributed by atoms with E-state index in [0.29, 0.717) is 11.3 Å². The summed E-state index contributed by atoms with van der Waals surface area (Å²) < 4.78 is 0. The van der Waals surface area contributed by atoms with Crippen LogP contribution in [0, 0.1) is 17.3 Å². The highest BCUT2D eigenvalue weighted by Gasteiger charge is 2.55. The first kappa shape index (κ1) is 17.8. The average molecular weight is 348 g/mol. The largest absolute Gasteiger partial charge is 0.342 e. The molecule has 142 valence electrons. The summed E-state index contributed by atoms with van der Waals surface area (Å²) in [5.41, 5.74) is 0.665. The summed E-state index contributed by atoms with van der Waals surface area (Å²) >= 11 is 0. The van der Waals surface area contributed by atoms with Crippen molar-refractivity contribution in [2.24, 2.45) is 17.3 Å². The van der Waals surface area contributed by atoms with Crippen molar-refractivity contribution in [3.05, 3.63) is 0 Å². The maximum absolute atomic E-state index is 12.1. The lowest BCUT2D eigenvalue weighted by molar-refractivity contribution is -0.144. The second kappa shape index (κ2) is 6.84. The van der Waals surface area contributed by atoms with Crippen LogP contribution in [0.2, 0.25) is 0 Å². The van der Waals surface area contributed by atoms with E-state index in [2.05, 4.69) is 21.6 Å². The first-order valence-corrected chi connectivity index (χ1v) is 10.7. The number of nitrogens with zero attached hydrogens (tertiary/aromatic N) is 3. The van der Waals surface area contributed by atoms with Crippen LogP contribution in [0.3, 0.4) is 0 Å². The number of likely N-dealkylation sites (tertiary alicyclic amines) is 3. The number of carbonyl (C=O) groups excluding carboxylic acids is 1. The van der Waals surface area contributed by atoms with E-state index in [1.807, 2.05) is 13.8 Å². The molecule has 1 spiro atoms. The summed E-state index contributed by atoms with van der Waals surface area (Å²) in [6.07, 6.45) is 8.07. The molecule has 1 amide bonds. The van der Waals surface area contributed by atoms with Crippen LogP contribution in [0.5, 0.6) is 0 Å². The molecule has 1 aliphatic carbocycles. The molecule has 0 unspecified atom stereocenters. The van der Waals surface area contributed by atoms with Crippen LogP contribution in [0.15, 0.2) is 0 Å². The SMILES string of the molecule is CC1CCN(C2CC3(C2)CN(C2CCN(C(=O)C(C)C)CC2)C3)CC1. The molecule has 3 heterocycles. The Morgan fingerprint density at radius 1 is 0.880 bits per heavy atom. The van der Waals surface area contributed by atoms with Crippen LogP contribution < -0.4 is 0 Å². The molecular weight excluding hydrogens is 310 g/mol. The van der Waals surface area contributed by atoms with Crippen molar-refractivity contribution in [3.8, 4) is 0 Å². The average Bonchev–Trinajstić information content (AvgIpc) is 2.53. The van der Waals surface area contributed by atoms with E-state index in [-0.39, 0.29) is 5.92 Å². The Balaban J connectivity index is 1.18. The summed E-state index contributed by atoms with van der Waals surface area (Å²) in [4.78, 5) is 19.7. The van der Waals surface area contributed by atoms with Crippen LogP contribution in [0.1, 0.15) is 59.3 Å². The van der Waals surface area contributed by atoms with E-state index in [0.717, 1.165) is 31.1 Å². The Morgan fingerprint density at radius 3 is 2.04 bits per heavy atom. The van der Waals surface area contributed by atoms with Gasteiger partial charge in [0.05, 0.1) is 0 Å². The number of carbonyl (C=O) groups is 1. The molecule has 0 radical (unpaired) electrons.